The van der Waals surface area contributed by atoms with E-state index in [1.54, 1.807) is 31.3 Å². The average molecular weight is 444 g/mol. The molecular weight excluding hydrogens is 426 g/mol. The topological polar surface area (TPSA) is 77.7 Å². The standard InChI is InChI=1S/C20H18BrN3O4/c1-26-15-7-8-16(17(10-15)27-2)24-11-13(9-18(24)25)20-22-19(23-28-20)12-3-5-14(21)6-4-12/h3-8,10,13H,9,11H2,1-2H3/t13-/m0/s1. The van der Waals surface area contributed by atoms with E-state index in [-0.39, 0.29) is 11.8 Å². The highest BCUT2D eigenvalue weighted by molar-refractivity contribution is 9.10. The summed E-state index contributed by atoms with van der Waals surface area (Å²) in [6.45, 7) is 0.448. The predicted octanol–water partition coefficient (Wildman–Crippen LogP) is 4.04. The Kier molecular flexibility index (Phi) is 5.04. The van der Waals surface area contributed by atoms with Gasteiger partial charge in [0.1, 0.15) is 11.5 Å². The molecule has 28 heavy (non-hydrogen) atoms. The molecule has 0 saturated carbocycles. The van der Waals surface area contributed by atoms with Crippen LogP contribution in [-0.4, -0.2) is 36.8 Å². The molecule has 2 aromatic carbocycles. The summed E-state index contributed by atoms with van der Waals surface area (Å²) in [5, 5.41) is 4.07. The van der Waals surface area contributed by atoms with Crippen LogP contribution in [0.4, 0.5) is 5.69 Å². The van der Waals surface area contributed by atoms with Crippen LogP contribution in [0, 0.1) is 0 Å². The van der Waals surface area contributed by atoms with Gasteiger partial charge in [-0.05, 0) is 36.4 Å². The zero-order valence-corrected chi connectivity index (χ0v) is 17.0. The molecule has 0 aliphatic carbocycles. The van der Waals surface area contributed by atoms with Gasteiger partial charge in [-0.2, -0.15) is 4.98 Å². The fraction of sp³-hybridized carbons (Fsp3) is 0.250. The summed E-state index contributed by atoms with van der Waals surface area (Å²) in [4.78, 5) is 18.8. The fourth-order valence-corrected chi connectivity index (χ4v) is 3.50. The third-order valence-corrected chi connectivity index (χ3v) is 5.22. The quantitative estimate of drug-likeness (QED) is 0.591. The third-order valence-electron chi connectivity index (χ3n) is 4.70. The zero-order valence-electron chi connectivity index (χ0n) is 15.4. The van der Waals surface area contributed by atoms with E-state index in [1.807, 2.05) is 30.3 Å². The number of benzene rings is 2. The van der Waals surface area contributed by atoms with Crippen molar-refractivity contribution in [2.24, 2.45) is 0 Å². The van der Waals surface area contributed by atoms with Crippen LogP contribution in [0.5, 0.6) is 11.5 Å². The maximum absolute atomic E-state index is 12.6. The molecule has 8 heteroatoms. The molecule has 1 aromatic heterocycles. The van der Waals surface area contributed by atoms with Gasteiger partial charge in [-0.1, -0.05) is 21.1 Å². The maximum Gasteiger partial charge on any atom is 0.232 e. The van der Waals surface area contributed by atoms with Crippen LogP contribution < -0.4 is 14.4 Å². The van der Waals surface area contributed by atoms with Gasteiger partial charge in [0.25, 0.3) is 0 Å². The van der Waals surface area contributed by atoms with Gasteiger partial charge in [0.2, 0.25) is 17.6 Å². The molecule has 0 bridgehead atoms. The van der Waals surface area contributed by atoms with Gasteiger partial charge in [0.05, 0.1) is 25.8 Å². The summed E-state index contributed by atoms with van der Waals surface area (Å²) in [5.74, 6) is 2.03. The van der Waals surface area contributed by atoms with Crippen LogP contribution in [0.2, 0.25) is 0 Å². The molecule has 7 nitrogen and oxygen atoms in total. The molecule has 0 spiro atoms. The van der Waals surface area contributed by atoms with E-state index in [0.29, 0.717) is 41.9 Å². The zero-order chi connectivity index (χ0) is 19.7. The van der Waals surface area contributed by atoms with Gasteiger partial charge in [-0.3, -0.25) is 4.79 Å². The van der Waals surface area contributed by atoms with E-state index in [9.17, 15) is 4.79 Å². The first kappa shape index (κ1) is 18.5. The van der Waals surface area contributed by atoms with Crippen LogP contribution in [0.25, 0.3) is 11.4 Å². The molecule has 1 atom stereocenters. The minimum atomic E-state index is -0.170. The molecule has 2 heterocycles. The number of halogens is 1. The Bertz CT molecular complexity index is 1000. The number of hydrogen-bond acceptors (Lipinski definition) is 6. The van der Waals surface area contributed by atoms with Crippen molar-refractivity contribution in [1.82, 2.24) is 10.1 Å². The Labute approximate surface area is 170 Å². The summed E-state index contributed by atoms with van der Waals surface area (Å²) < 4.78 is 17.1. The molecule has 4 rings (SSSR count). The molecule has 1 aliphatic rings. The minimum absolute atomic E-state index is 0.0168. The van der Waals surface area contributed by atoms with Crippen LogP contribution in [-0.2, 0) is 4.79 Å². The smallest absolute Gasteiger partial charge is 0.232 e. The number of anilines is 1. The Hall–Kier alpha value is -2.87. The van der Waals surface area contributed by atoms with Gasteiger partial charge in [0, 0.05) is 29.1 Å². The van der Waals surface area contributed by atoms with Gasteiger partial charge in [0.15, 0.2) is 0 Å². The molecule has 1 aliphatic heterocycles. The second-order valence-corrected chi connectivity index (χ2v) is 7.32. The Morgan fingerprint density at radius 3 is 2.64 bits per heavy atom. The van der Waals surface area contributed by atoms with Gasteiger partial charge >= 0.3 is 0 Å². The van der Waals surface area contributed by atoms with Crippen molar-refractivity contribution in [2.45, 2.75) is 12.3 Å². The number of nitrogens with zero attached hydrogens (tertiary/aromatic N) is 3. The summed E-state index contributed by atoms with van der Waals surface area (Å²) in [7, 11) is 3.16. The summed E-state index contributed by atoms with van der Waals surface area (Å²) >= 11 is 3.41. The second-order valence-electron chi connectivity index (χ2n) is 6.41. The van der Waals surface area contributed by atoms with Crippen LogP contribution in [0.15, 0.2) is 51.5 Å². The molecule has 144 valence electrons. The SMILES string of the molecule is COc1ccc(N2C[C@@H](c3nc(-c4ccc(Br)cc4)no3)CC2=O)c(OC)c1. The molecular formula is C20H18BrN3O4. The van der Waals surface area contributed by atoms with E-state index < -0.39 is 0 Å². The number of hydrogen-bond donors (Lipinski definition) is 0. The number of methoxy groups -OCH3 is 2. The number of ether oxygens (including phenoxy) is 2. The normalized spacial score (nSPS) is 16.5. The lowest BCUT2D eigenvalue weighted by molar-refractivity contribution is -0.117. The van der Waals surface area contributed by atoms with E-state index in [2.05, 4.69) is 26.1 Å². The average Bonchev–Trinajstić information content (AvgIpc) is 3.35. The van der Waals surface area contributed by atoms with E-state index in [4.69, 9.17) is 14.0 Å². The largest absolute Gasteiger partial charge is 0.497 e. The molecule has 1 amide bonds. The first-order valence-electron chi connectivity index (χ1n) is 8.71. The first-order chi connectivity index (χ1) is 13.6. The minimum Gasteiger partial charge on any atom is -0.497 e. The van der Waals surface area contributed by atoms with Gasteiger partial charge in [-0.25, -0.2) is 0 Å². The maximum atomic E-state index is 12.6. The van der Waals surface area contributed by atoms with Crippen molar-refractivity contribution in [3.63, 3.8) is 0 Å². The van der Waals surface area contributed by atoms with E-state index in [0.717, 1.165) is 10.0 Å². The summed E-state index contributed by atoms with van der Waals surface area (Å²) in [6, 6.07) is 13.0. The third kappa shape index (κ3) is 3.47. The summed E-state index contributed by atoms with van der Waals surface area (Å²) in [6.07, 6.45) is 0.303. The highest BCUT2D eigenvalue weighted by Gasteiger charge is 2.36. The lowest BCUT2D eigenvalue weighted by Crippen LogP contribution is -2.24. The first-order valence-corrected chi connectivity index (χ1v) is 9.50. The molecule has 0 unspecified atom stereocenters. The Morgan fingerprint density at radius 1 is 1.14 bits per heavy atom. The lowest BCUT2D eigenvalue weighted by Gasteiger charge is -2.19. The number of carbonyl (C=O) groups excluding carboxylic acids is 1. The van der Waals surface area contributed by atoms with Crippen molar-refractivity contribution in [1.29, 1.82) is 0 Å². The van der Waals surface area contributed by atoms with Crippen LogP contribution in [0.1, 0.15) is 18.2 Å². The van der Waals surface area contributed by atoms with Crippen molar-refractivity contribution in [3.8, 4) is 22.9 Å². The van der Waals surface area contributed by atoms with E-state index in [1.165, 1.54) is 0 Å². The highest BCUT2D eigenvalue weighted by atomic mass is 79.9. The Morgan fingerprint density at radius 2 is 1.93 bits per heavy atom. The van der Waals surface area contributed by atoms with Gasteiger partial charge in [-0.15, -0.1) is 0 Å². The monoisotopic (exact) mass is 443 g/mol. The highest BCUT2D eigenvalue weighted by Crippen LogP contribution is 2.38. The summed E-state index contributed by atoms with van der Waals surface area (Å²) in [5.41, 5.74) is 1.56. The van der Waals surface area contributed by atoms with Crippen molar-refractivity contribution in [2.75, 3.05) is 25.7 Å². The number of rotatable bonds is 5. The van der Waals surface area contributed by atoms with Crippen molar-refractivity contribution in [3.05, 3.63) is 52.8 Å². The number of aromatic nitrogens is 2. The number of amides is 1. The molecule has 1 fully saturated rings. The van der Waals surface area contributed by atoms with Crippen LogP contribution >= 0.6 is 15.9 Å². The second kappa shape index (κ2) is 7.63. The van der Waals surface area contributed by atoms with Crippen molar-refractivity contribution >= 4 is 27.5 Å². The van der Waals surface area contributed by atoms with E-state index >= 15 is 0 Å². The molecule has 3 aromatic rings. The fourth-order valence-electron chi connectivity index (χ4n) is 3.23. The predicted molar refractivity (Wildman–Crippen MR) is 107 cm³/mol. The molecule has 1 saturated heterocycles. The Balaban J connectivity index is 1.56. The van der Waals surface area contributed by atoms with Gasteiger partial charge < -0.3 is 18.9 Å². The molecule has 0 N–H and O–H groups in total. The lowest BCUT2D eigenvalue weighted by atomic mass is 10.1. The number of carbonyl (C=O) groups is 1. The molecule has 0 radical (unpaired) electrons. The van der Waals surface area contributed by atoms with Crippen molar-refractivity contribution < 1.29 is 18.8 Å². The van der Waals surface area contributed by atoms with Crippen LogP contribution in [0.3, 0.4) is 0 Å².